The van der Waals surface area contributed by atoms with Crippen molar-refractivity contribution in [2.75, 3.05) is 13.7 Å². The zero-order valence-corrected chi connectivity index (χ0v) is 12.8. The van der Waals surface area contributed by atoms with Crippen molar-refractivity contribution in [2.45, 2.75) is 32.7 Å². The Kier molecular flexibility index (Phi) is 5.39. The van der Waals surface area contributed by atoms with E-state index in [0.717, 1.165) is 30.7 Å². The Balaban J connectivity index is 2.40. The largest absolute Gasteiger partial charge is 0.497 e. The van der Waals surface area contributed by atoms with Gasteiger partial charge in [-0.3, -0.25) is 0 Å². The number of methoxy groups -OCH3 is 1. The van der Waals surface area contributed by atoms with Gasteiger partial charge in [0, 0.05) is 23.6 Å². The molecule has 0 aliphatic carbocycles. The molecule has 114 valence electrons. The van der Waals surface area contributed by atoms with Crippen molar-refractivity contribution in [3.63, 3.8) is 0 Å². The minimum absolute atomic E-state index is 0.204. The smallest absolute Gasteiger partial charge is 0.132 e. The second-order valence-electron chi connectivity index (χ2n) is 4.93. The Bertz CT molecular complexity index is 580. The number of hydrogen-bond acceptors (Lipinski definition) is 3. The Hall–Kier alpha value is -1.81. The Labute approximate surface area is 125 Å². The lowest BCUT2D eigenvalue weighted by Crippen LogP contribution is -2.24. The fourth-order valence-electron chi connectivity index (χ4n) is 2.44. The van der Waals surface area contributed by atoms with Gasteiger partial charge in [0.05, 0.1) is 19.4 Å². The molecule has 1 aromatic carbocycles. The molecule has 1 unspecified atom stereocenters. The van der Waals surface area contributed by atoms with Crippen molar-refractivity contribution in [3.05, 3.63) is 53.2 Å². The molecule has 2 rings (SSSR count). The van der Waals surface area contributed by atoms with E-state index >= 15 is 0 Å². The number of nitrogens with one attached hydrogen (secondary N) is 1. The van der Waals surface area contributed by atoms with Gasteiger partial charge in [0.2, 0.25) is 0 Å². The minimum Gasteiger partial charge on any atom is -0.497 e. The molecule has 0 amide bonds. The van der Waals surface area contributed by atoms with E-state index in [9.17, 15) is 4.39 Å². The highest BCUT2D eigenvalue weighted by molar-refractivity contribution is 5.37. The van der Waals surface area contributed by atoms with E-state index in [1.165, 1.54) is 13.2 Å². The second-order valence-corrected chi connectivity index (χ2v) is 4.93. The predicted molar refractivity (Wildman–Crippen MR) is 81.2 cm³/mol. The molecule has 1 atom stereocenters. The quantitative estimate of drug-likeness (QED) is 0.834. The van der Waals surface area contributed by atoms with Crippen molar-refractivity contribution >= 4 is 0 Å². The Morgan fingerprint density at radius 2 is 2.05 bits per heavy atom. The van der Waals surface area contributed by atoms with Gasteiger partial charge in [-0.1, -0.05) is 19.9 Å². The van der Waals surface area contributed by atoms with E-state index in [1.807, 2.05) is 13.0 Å². The molecular weight excluding hydrogens is 269 g/mol. The first-order chi connectivity index (χ1) is 10.2. The number of benzene rings is 1. The molecule has 0 saturated heterocycles. The van der Waals surface area contributed by atoms with Crippen LogP contribution < -0.4 is 10.1 Å². The number of rotatable bonds is 7. The average Bonchev–Trinajstić information content (AvgIpc) is 2.97. The van der Waals surface area contributed by atoms with E-state index < -0.39 is 0 Å². The van der Waals surface area contributed by atoms with E-state index in [-0.39, 0.29) is 11.9 Å². The molecule has 3 nitrogen and oxygen atoms in total. The van der Waals surface area contributed by atoms with Crippen LogP contribution in [0.2, 0.25) is 0 Å². The van der Waals surface area contributed by atoms with Crippen molar-refractivity contribution in [3.8, 4) is 5.75 Å². The van der Waals surface area contributed by atoms with E-state index in [4.69, 9.17) is 9.15 Å². The van der Waals surface area contributed by atoms with Crippen molar-refractivity contribution < 1.29 is 13.5 Å². The number of hydrogen-bond donors (Lipinski definition) is 1. The summed E-state index contributed by atoms with van der Waals surface area (Å²) >= 11 is 0. The van der Waals surface area contributed by atoms with Gasteiger partial charge in [0.15, 0.2) is 0 Å². The van der Waals surface area contributed by atoms with Gasteiger partial charge < -0.3 is 14.5 Å². The summed E-state index contributed by atoms with van der Waals surface area (Å²) in [5.41, 5.74) is 1.61. The summed E-state index contributed by atoms with van der Waals surface area (Å²) in [5, 5.41) is 3.40. The summed E-state index contributed by atoms with van der Waals surface area (Å²) in [6.07, 6.45) is 3.42. The molecule has 2 aromatic rings. The first-order valence-corrected chi connectivity index (χ1v) is 7.34. The third kappa shape index (κ3) is 3.45. The SMILES string of the molecule is CCCNC(c1ccc(OC)cc1F)c1ccoc1CC. The summed E-state index contributed by atoms with van der Waals surface area (Å²) in [5.74, 6) is 1.14. The van der Waals surface area contributed by atoms with Gasteiger partial charge in [-0.15, -0.1) is 0 Å². The molecule has 21 heavy (non-hydrogen) atoms. The van der Waals surface area contributed by atoms with E-state index in [2.05, 4.69) is 12.2 Å². The fourth-order valence-corrected chi connectivity index (χ4v) is 2.44. The molecule has 0 saturated carbocycles. The number of furan rings is 1. The lowest BCUT2D eigenvalue weighted by Gasteiger charge is -2.20. The lowest BCUT2D eigenvalue weighted by molar-refractivity contribution is 0.409. The standard InChI is InChI=1S/C17H22FNO2/c1-4-9-19-17(14-8-10-21-16(14)5-2)13-7-6-12(20-3)11-15(13)18/h6-8,10-11,17,19H,4-5,9H2,1-3H3. The third-order valence-electron chi connectivity index (χ3n) is 3.53. The van der Waals surface area contributed by atoms with Crippen LogP contribution in [0, 0.1) is 5.82 Å². The second kappa shape index (κ2) is 7.27. The summed E-state index contributed by atoms with van der Waals surface area (Å²) < 4.78 is 25.0. The Morgan fingerprint density at radius 1 is 1.24 bits per heavy atom. The van der Waals surface area contributed by atoms with Crippen LogP contribution >= 0.6 is 0 Å². The van der Waals surface area contributed by atoms with Gasteiger partial charge in [-0.25, -0.2) is 4.39 Å². The highest BCUT2D eigenvalue weighted by Gasteiger charge is 2.21. The number of aryl methyl sites for hydroxylation is 1. The van der Waals surface area contributed by atoms with Crippen LogP contribution in [0.15, 0.2) is 34.9 Å². The molecule has 1 heterocycles. The van der Waals surface area contributed by atoms with Crippen LogP contribution in [0.5, 0.6) is 5.75 Å². The molecule has 0 aliphatic rings. The van der Waals surface area contributed by atoms with Crippen LogP contribution in [-0.4, -0.2) is 13.7 Å². The van der Waals surface area contributed by atoms with Gasteiger partial charge in [0.1, 0.15) is 17.3 Å². The molecule has 0 bridgehead atoms. The van der Waals surface area contributed by atoms with Crippen molar-refractivity contribution in [1.29, 1.82) is 0 Å². The highest BCUT2D eigenvalue weighted by atomic mass is 19.1. The first kappa shape index (κ1) is 15.6. The number of ether oxygens (including phenoxy) is 1. The zero-order valence-electron chi connectivity index (χ0n) is 12.8. The molecule has 1 N–H and O–H groups in total. The first-order valence-electron chi connectivity index (χ1n) is 7.34. The molecule has 0 aliphatic heterocycles. The van der Waals surface area contributed by atoms with Crippen LogP contribution in [0.3, 0.4) is 0 Å². The molecule has 0 fully saturated rings. The van der Waals surface area contributed by atoms with Crippen molar-refractivity contribution in [1.82, 2.24) is 5.32 Å². The summed E-state index contributed by atoms with van der Waals surface area (Å²) in [6.45, 7) is 4.93. The summed E-state index contributed by atoms with van der Waals surface area (Å²) in [7, 11) is 1.53. The number of halogens is 1. The summed E-state index contributed by atoms with van der Waals surface area (Å²) in [4.78, 5) is 0. The maximum absolute atomic E-state index is 14.4. The minimum atomic E-state index is -0.272. The van der Waals surface area contributed by atoms with Crippen LogP contribution in [-0.2, 0) is 6.42 Å². The Morgan fingerprint density at radius 3 is 2.67 bits per heavy atom. The molecular formula is C17H22FNO2. The molecule has 0 radical (unpaired) electrons. The van der Waals surface area contributed by atoms with Crippen molar-refractivity contribution in [2.24, 2.45) is 0 Å². The fraction of sp³-hybridized carbons (Fsp3) is 0.412. The van der Waals surface area contributed by atoms with Gasteiger partial charge in [0.25, 0.3) is 0 Å². The molecule has 4 heteroatoms. The van der Waals surface area contributed by atoms with Gasteiger partial charge >= 0.3 is 0 Å². The monoisotopic (exact) mass is 291 g/mol. The normalized spacial score (nSPS) is 12.4. The summed E-state index contributed by atoms with van der Waals surface area (Å²) in [6, 6.07) is 6.68. The topological polar surface area (TPSA) is 34.4 Å². The lowest BCUT2D eigenvalue weighted by atomic mass is 9.97. The maximum Gasteiger partial charge on any atom is 0.132 e. The van der Waals surface area contributed by atoms with Crippen LogP contribution in [0.1, 0.15) is 43.2 Å². The zero-order chi connectivity index (χ0) is 15.2. The third-order valence-corrected chi connectivity index (χ3v) is 3.53. The average molecular weight is 291 g/mol. The van der Waals surface area contributed by atoms with Crippen LogP contribution in [0.25, 0.3) is 0 Å². The molecule has 0 spiro atoms. The van der Waals surface area contributed by atoms with Gasteiger partial charge in [-0.05, 0) is 25.1 Å². The van der Waals surface area contributed by atoms with E-state index in [1.54, 1.807) is 18.4 Å². The predicted octanol–water partition coefficient (Wildman–Crippen LogP) is 4.08. The van der Waals surface area contributed by atoms with Gasteiger partial charge in [-0.2, -0.15) is 0 Å². The maximum atomic E-state index is 14.4. The molecule has 1 aromatic heterocycles. The van der Waals surface area contributed by atoms with Crippen LogP contribution in [0.4, 0.5) is 4.39 Å². The van der Waals surface area contributed by atoms with E-state index in [0.29, 0.717) is 11.3 Å². The highest BCUT2D eigenvalue weighted by Crippen LogP contribution is 2.30.